The number of aromatic amines is 2. The van der Waals surface area contributed by atoms with Gasteiger partial charge in [0, 0.05) is 57.1 Å². The van der Waals surface area contributed by atoms with Crippen LogP contribution in [0.5, 0.6) is 0 Å². The van der Waals surface area contributed by atoms with Crippen LogP contribution in [0, 0.1) is 0 Å². The lowest BCUT2D eigenvalue weighted by molar-refractivity contribution is -0.115. The van der Waals surface area contributed by atoms with Gasteiger partial charge in [-0.3, -0.25) is 4.79 Å². The Morgan fingerprint density at radius 1 is 0.911 bits per heavy atom. The first-order valence-corrected chi connectivity index (χ1v) is 17.5. The molecule has 1 aliphatic rings. The van der Waals surface area contributed by atoms with Gasteiger partial charge in [-0.05, 0) is 73.4 Å². The minimum absolute atomic E-state index is 0.0746. The predicted molar refractivity (Wildman–Crippen MR) is 185 cm³/mol. The summed E-state index contributed by atoms with van der Waals surface area (Å²) in [6.07, 6.45) is 11.2. The largest absolute Gasteiger partial charge is 0.361 e. The average molecular weight is 636 g/mol. The van der Waals surface area contributed by atoms with Crippen LogP contribution in [0.15, 0.2) is 65.9 Å². The molecule has 10 heteroatoms. The Balaban J connectivity index is 1.03. The van der Waals surface area contributed by atoms with E-state index in [2.05, 4.69) is 63.6 Å². The number of aromatic nitrogens is 5. The van der Waals surface area contributed by atoms with E-state index in [4.69, 9.17) is 9.98 Å². The predicted octanol–water partition coefficient (Wildman–Crippen LogP) is 8.87. The van der Waals surface area contributed by atoms with E-state index in [1.807, 2.05) is 36.7 Å². The van der Waals surface area contributed by atoms with Crippen molar-refractivity contribution in [3.8, 4) is 0 Å². The highest BCUT2D eigenvalue weighted by molar-refractivity contribution is 7.15. The molecule has 4 heterocycles. The number of hydrogen-bond donors (Lipinski definition) is 3. The maximum Gasteiger partial charge on any atom is 0.230 e. The summed E-state index contributed by atoms with van der Waals surface area (Å²) in [6, 6.07) is 16.6. The van der Waals surface area contributed by atoms with E-state index in [-0.39, 0.29) is 5.91 Å². The summed E-state index contributed by atoms with van der Waals surface area (Å²) in [5.74, 6) is 0.685. The van der Waals surface area contributed by atoms with Gasteiger partial charge in [-0.15, -0.1) is 10.2 Å². The van der Waals surface area contributed by atoms with Gasteiger partial charge < -0.3 is 15.3 Å². The fourth-order valence-electron chi connectivity index (χ4n) is 6.62. The highest BCUT2D eigenvalue weighted by Gasteiger charge is 2.30. The SMILES string of the molecule is CCC(Cc1cccc2[nH]ccc12)=Nc1nc(CC)c(C2CCCC(c3nnc(NC(=O)Cc4cccc5[nH]ccc45)s3)C2)s1. The first kappa shape index (κ1) is 29.6. The zero-order valence-corrected chi connectivity index (χ0v) is 27.2. The zero-order chi connectivity index (χ0) is 30.8. The van der Waals surface area contributed by atoms with E-state index in [1.54, 1.807) is 11.3 Å². The lowest BCUT2D eigenvalue weighted by Gasteiger charge is -2.27. The zero-order valence-electron chi connectivity index (χ0n) is 25.6. The van der Waals surface area contributed by atoms with Gasteiger partial charge >= 0.3 is 0 Å². The minimum Gasteiger partial charge on any atom is -0.361 e. The van der Waals surface area contributed by atoms with E-state index >= 15 is 0 Å². The number of nitrogens with zero attached hydrogens (tertiary/aromatic N) is 4. The third-order valence-corrected chi connectivity index (χ3v) is 11.1. The molecule has 6 aromatic rings. The van der Waals surface area contributed by atoms with Crippen molar-refractivity contribution < 1.29 is 4.79 Å². The molecule has 0 aliphatic heterocycles. The number of rotatable bonds is 10. The molecule has 1 fully saturated rings. The molecule has 1 aliphatic carbocycles. The molecule has 1 saturated carbocycles. The number of thiazole rings is 1. The molecule has 3 N–H and O–H groups in total. The molecule has 8 nitrogen and oxygen atoms in total. The molecule has 0 spiro atoms. The second-order valence-corrected chi connectivity index (χ2v) is 13.8. The summed E-state index contributed by atoms with van der Waals surface area (Å²) in [7, 11) is 0. The summed E-state index contributed by atoms with van der Waals surface area (Å²) in [5, 5.41) is 16.7. The number of nitrogens with one attached hydrogen (secondary N) is 3. The summed E-state index contributed by atoms with van der Waals surface area (Å²) >= 11 is 3.28. The standard InChI is InChI=1S/C35H37N7OS2/c1-3-25(19-21-8-6-12-29-26(21)14-16-36-29)38-34-39-28(4-2)32(44-34)23-10-5-11-24(18-23)33-41-42-35(45-33)40-31(43)20-22-9-7-13-30-27(22)15-17-37-30/h6-9,12-17,23-24,36-37H,3-5,10-11,18-20H2,1-2H3,(H,40,42,43). The Labute approximate surface area is 270 Å². The molecule has 2 unspecified atom stereocenters. The third-order valence-electron chi connectivity index (χ3n) is 8.91. The van der Waals surface area contributed by atoms with Crippen molar-refractivity contribution in [3.05, 3.63) is 87.6 Å². The van der Waals surface area contributed by atoms with Crippen LogP contribution < -0.4 is 5.32 Å². The summed E-state index contributed by atoms with van der Waals surface area (Å²) in [6.45, 7) is 4.37. The third kappa shape index (κ3) is 6.35. The lowest BCUT2D eigenvalue weighted by Crippen LogP contribution is -2.14. The fourth-order valence-corrected chi connectivity index (χ4v) is 8.74. The number of hydrogen-bond acceptors (Lipinski definition) is 7. The van der Waals surface area contributed by atoms with Crippen LogP contribution in [0.25, 0.3) is 21.8 Å². The quantitative estimate of drug-likeness (QED) is 0.131. The summed E-state index contributed by atoms with van der Waals surface area (Å²) in [4.78, 5) is 30.9. The Morgan fingerprint density at radius 3 is 2.33 bits per heavy atom. The smallest absolute Gasteiger partial charge is 0.230 e. The Bertz CT molecular complexity index is 1980. The number of amides is 1. The van der Waals surface area contributed by atoms with E-state index in [0.29, 0.717) is 23.4 Å². The average Bonchev–Trinajstić information content (AvgIpc) is 3.88. The Morgan fingerprint density at radius 2 is 1.62 bits per heavy atom. The normalized spacial score (nSPS) is 17.3. The van der Waals surface area contributed by atoms with Gasteiger partial charge in [0.1, 0.15) is 5.01 Å². The highest BCUT2D eigenvalue weighted by Crippen LogP contribution is 2.46. The minimum atomic E-state index is -0.0746. The number of H-pyrrole nitrogens is 2. The van der Waals surface area contributed by atoms with Crippen molar-refractivity contribution in [1.82, 2.24) is 25.1 Å². The van der Waals surface area contributed by atoms with Gasteiger partial charge in [0.15, 0.2) is 0 Å². The molecule has 1 amide bonds. The number of carbonyl (C=O) groups is 1. The topological polar surface area (TPSA) is 112 Å². The van der Waals surface area contributed by atoms with Gasteiger partial charge in [-0.25, -0.2) is 9.98 Å². The molecule has 4 aromatic heterocycles. The monoisotopic (exact) mass is 635 g/mol. The van der Waals surface area contributed by atoms with Crippen molar-refractivity contribution in [2.24, 2.45) is 4.99 Å². The number of aliphatic imine (C=N–C) groups is 1. The van der Waals surface area contributed by atoms with Crippen LogP contribution in [-0.4, -0.2) is 36.8 Å². The van der Waals surface area contributed by atoms with Crippen LogP contribution in [0.3, 0.4) is 0 Å². The van der Waals surface area contributed by atoms with Crippen LogP contribution in [0.2, 0.25) is 0 Å². The Kier molecular flexibility index (Phi) is 8.58. The molecule has 2 aromatic carbocycles. The fraction of sp³-hybridized carbons (Fsp3) is 0.343. The summed E-state index contributed by atoms with van der Waals surface area (Å²) < 4.78 is 0. The number of aryl methyl sites for hydroxylation is 1. The van der Waals surface area contributed by atoms with Crippen molar-refractivity contribution in [1.29, 1.82) is 0 Å². The second-order valence-electron chi connectivity index (χ2n) is 11.8. The van der Waals surface area contributed by atoms with Crippen molar-refractivity contribution >= 4 is 66.4 Å². The molecule has 0 bridgehead atoms. The molecule has 0 saturated heterocycles. The van der Waals surface area contributed by atoms with E-state index in [0.717, 1.165) is 82.8 Å². The lowest BCUT2D eigenvalue weighted by atomic mass is 9.80. The summed E-state index contributed by atoms with van der Waals surface area (Å²) in [5.41, 5.74) is 6.82. The van der Waals surface area contributed by atoms with E-state index in [9.17, 15) is 4.79 Å². The molecular weight excluding hydrogens is 599 g/mol. The van der Waals surface area contributed by atoms with E-state index < -0.39 is 0 Å². The molecule has 45 heavy (non-hydrogen) atoms. The van der Waals surface area contributed by atoms with Gasteiger partial charge in [0.2, 0.25) is 16.2 Å². The molecule has 230 valence electrons. The first-order valence-electron chi connectivity index (χ1n) is 15.9. The van der Waals surface area contributed by atoms with Crippen molar-refractivity contribution in [3.63, 3.8) is 0 Å². The van der Waals surface area contributed by atoms with Crippen LogP contribution in [-0.2, 0) is 24.1 Å². The van der Waals surface area contributed by atoms with Crippen LogP contribution in [0.1, 0.15) is 84.5 Å². The highest BCUT2D eigenvalue weighted by atomic mass is 32.1. The number of benzene rings is 2. The van der Waals surface area contributed by atoms with Gasteiger partial charge in [-0.2, -0.15) is 0 Å². The maximum atomic E-state index is 12.9. The van der Waals surface area contributed by atoms with Gasteiger partial charge in [-0.1, -0.05) is 67.2 Å². The van der Waals surface area contributed by atoms with E-state index in [1.165, 1.54) is 32.9 Å². The molecular formula is C35H37N7OS2. The second kappa shape index (κ2) is 13.1. The number of fused-ring (bicyclic) bond motifs is 2. The van der Waals surface area contributed by atoms with Crippen LogP contribution >= 0.6 is 22.7 Å². The molecule has 0 radical (unpaired) electrons. The van der Waals surface area contributed by atoms with Gasteiger partial charge in [0.05, 0.1) is 12.1 Å². The van der Waals surface area contributed by atoms with Crippen molar-refractivity contribution in [2.45, 2.75) is 77.0 Å². The number of anilines is 1. The van der Waals surface area contributed by atoms with Gasteiger partial charge in [0.25, 0.3) is 0 Å². The van der Waals surface area contributed by atoms with Crippen molar-refractivity contribution in [2.75, 3.05) is 5.32 Å². The number of carbonyl (C=O) groups excluding carboxylic acids is 1. The first-order chi connectivity index (χ1) is 22.1. The molecule has 2 atom stereocenters. The Hall–Kier alpha value is -4.15. The maximum absolute atomic E-state index is 12.9. The van der Waals surface area contributed by atoms with Crippen LogP contribution in [0.4, 0.5) is 10.3 Å². The molecule has 7 rings (SSSR count).